The van der Waals surface area contributed by atoms with Crippen molar-refractivity contribution in [3.8, 4) is 0 Å². The molecule has 0 unspecified atom stereocenters. The zero-order valence-corrected chi connectivity index (χ0v) is 12.7. The SMILES string of the molecule is Cc1ccc(S(=O)(=O)[C@@H]2C[C@@H](C)SC(=S)N2)cc1. The van der Waals surface area contributed by atoms with Gasteiger partial charge in [-0.25, -0.2) is 8.42 Å². The standard InChI is InChI=1S/C12H15NO2S3/c1-8-3-5-10(6-4-8)18(14,15)11-7-9(2)17-12(16)13-11/h3-6,9,11H,7H2,1-2H3,(H,13,16)/t9-,11-/m1/s1. The van der Waals surface area contributed by atoms with E-state index in [9.17, 15) is 8.42 Å². The van der Waals surface area contributed by atoms with Crippen LogP contribution in [-0.2, 0) is 9.84 Å². The average Bonchev–Trinajstić information content (AvgIpc) is 2.28. The van der Waals surface area contributed by atoms with Crippen molar-refractivity contribution in [1.82, 2.24) is 5.32 Å². The van der Waals surface area contributed by atoms with Gasteiger partial charge in [0.05, 0.1) is 4.90 Å². The summed E-state index contributed by atoms with van der Waals surface area (Å²) in [6, 6.07) is 6.93. The fraction of sp³-hybridized carbons (Fsp3) is 0.417. The van der Waals surface area contributed by atoms with E-state index in [0.717, 1.165) is 5.56 Å². The third-order valence-electron chi connectivity index (χ3n) is 2.86. The Morgan fingerprint density at radius 2 is 1.94 bits per heavy atom. The van der Waals surface area contributed by atoms with Crippen molar-refractivity contribution in [3.05, 3.63) is 29.8 Å². The summed E-state index contributed by atoms with van der Waals surface area (Å²) in [5.74, 6) is 0. The Labute approximate surface area is 117 Å². The van der Waals surface area contributed by atoms with Gasteiger partial charge in [0.1, 0.15) is 9.69 Å². The van der Waals surface area contributed by atoms with Crippen molar-refractivity contribution < 1.29 is 8.42 Å². The van der Waals surface area contributed by atoms with E-state index in [1.165, 1.54) is 11.8 Å². The van der Waals surface area contributed by atoms with E-state index in [4.69, 9.17) is 12.2 Å². The van der Waals surface area contributed by atoms with Gasteiger partial charge in [-0.15, -0.1) is 0 Å². The van der Waals surface area contributed by atoms with Gasteiger partial charge in [0.25, 0.3) is 0 Å². The lowest BCUT2D eigenvalue weighted by Gasteiger charge is -2.28. The first-order valence-electron chi connectivity index (χ1n) is 5.67. The zero-order valence-electron chi connectivity index (χ0n) is 10.2. The molecule has 1 N–H and O–H groups in total. The molecule has 1 aliphatic heterocycles. The smallest absolute Gasteiger partial charge is 0.199 e. The Hall–Kier alpha value is -0.590. The summed E-state index contributed by atoms with van der Waals surface area (Å²) in [6.45, 7) is 3.93. The van der Waals surface area contributed by atoms with Gasteiger partial charge in [0.15, 0.2) is 9.84 Å². The highest BCUT2D eigenvalue weighted by Gasteiger charge is 2.33. The molecule has 1 aromatic rings. The summed E-state index contributed by atoms with van der Waals surface area (Å²) >= 11 is 6.60. The van der Waals surface area contributed by atoms with Gasteiger partial charge < -0.3 is 5.32 Å². The molecule has 0 bridgehead atoms. The molecule has 1 aromatic carbocycles. The summed E-state index contributed by atoms with van der Waals surface area (Å²) in [4.78, 5) is 0.354. The van der Waals surface area contributed by atoms with E-state index in [2.05, 4.69) is 5.32 Å². The quantitative estimate of drug-likeness (QED) is 0.850. The molecule has 1 aliphatic rings. The van der Waals surface area contributed by atoms with E-state index in [1.54, 1.807) is 12.1 Å². The van der Waals surface area contributed by atoms with Gasteiger partial charge in [0, 0.05) is 5.25 Å². The maximum atomic E-state index is 12.5. The van der Waals surface area contributed by atoms with Crippen LogP contribution in [0.3, 0.4) is 0 Å². The molecule has 0 saturated carbocycles. The molecule has 2 rings (SSSR count). The van der Waals surface area contributed by atoms with Crippen LogP contribution in [-0.4, -0.2) is 23.4 Å². The molecule has 98 valence electrons. The Morgan fingerprint density at radius 3 is 2.50 bits per heavy atom. The number of thiocarbonyl (C=S) groups is 1. The Bertz CT molecular complexity index is 551. The number of benzene rings is 1. The van der Waals surface area contributed by atoms with E-state index >= 15 is 0 Å². The van der Waals surface area contributed by atoms with Gasteiger partial charge in [-0.05, 0) is 25.5 Å². The Morgan fingerprint density at radius 1 is 1.33 bits per heavy atom. The zero-order chi connectivity index (χ0) is 13.3. The summed E-state index contributed by atoms with van der Waals surface area (Å²) < 4.78 is 25.5. The number of aryl methyl sites for hydroxylation is 1. The summed E-state index contributed by atoms with van der Waals surface area (Å²) in [7, 11) is -3.36. The van der Waals surface area contributed by atoms with Crippen LogP contribution in [0.5, 0.6) is 0 Å². The molecule has 0 radical (unpaired) electrons. The number of nitrogens with one attached hydrogen (secondary N) is 1. The van der Waals surface area contributed by atoms with Crippen LogP contribution in [0.4, 0.5) is 0 Å². The largest absolute Gasteiger partial charge is 0.354 e. The molecule has 3 nitrogen and oxygen atoms in total. The van der Waals surface area contributed by atoms with Gasteiger partial charge in [-0.3, -0.25) is 0 Å². The van der Waals surface area contributed by atoms with Crippen molar-refractivity contribution in [1.29, 1.82) is 0 Å². The van der Waals surface area contributed by atoms with E-state index in [1.807, 2.05) is 26.0 Å². The second kappa shape index (κ2) is 5.19. The lowest BCUT2D eigenvalue weighted by Crippen LogP contribution is -2.44. The van der Waals surface area contributed by atoms with Gasteiger partial charge in [-0.1, -0.05) is 48.6 Å². The predicted molar refractivity (Wildman–Crippen MR) is 79.6 cm³/mol. The van der Waals surface area contributed by atoms with Crippen LogP contribution in [0.15, 0.2) is 29.2 Å². The summed E-state index contributed by atoms with van der Waals surface area (Å²) in [5, 5.41) is 2.53. The number of rotatable bonds is 2. The molecule has 6 heteroatoms. The number of hydrogen-bond donors (Lipinski definition) is 1. The van der Waals surface area contributed by atoms with Crippen LogP contribution in [0.25, 0.3) is 0 Å². The third kappa shape index (κ3) is 2.87. The number of hydrogen-bond acceptors (Lipinski definition) is 4. The van der Waals surface area contributed by atoms with Crippen LogP contribution in [0, 0.1) is 6.92 Å². The van der Waals surface area contributed by atoms with E-state index < -0.39 is 15.2 Å². The molecule has 18 heavy (non-hydrogen) atoms. The van der Waals surface area contributed by atoms with Crippen molar-refractivity contribution in [2.45, 2.75) is 35.8 Å². The first kappa shape index (κ1) is 13.8. The first-order chi connectivity index (χ1) is 8.39. The molecule has 1 saturated heterocycles. The molecular weight excluding hydrogens is 286 g/mol. The van der Waals surface area contributed by atoms with Gasteiger partial charge in [0.2, 0.25) is 0 Å². The second-order valence-electron chi connectivity index (χ2n) is 4.44. The van der Waals surface area contributed by atoms with Crippen LogP contribution >= 0.6 is 24.0 Å². The maximum absolute atomic E-state index is 12.5. The average molecular weight is 301 g/mol. The van der Waals surface area contributed by atoms with E-state index in [0.29, 0.717) is 15.6 Å². The molecule has 2 atom stereocenters. The van der Waals surface area contributed by atoms with Crippen molar-refractivity contribution in [2.75, 3.05) is 0 Å². The minimum atomic E-state index is -3.36. The molecule has 0 amide bonds. The highest BCUT2D eigenvalue weighted by molar-refractivity contribution is 8.23. The van der Waals surface area contributed by atoms with Crippen molar-refractivity contribution >= 4 is 38.1 Å². The molecule has 0 aliphatic carbocycles. The highest BCUT2D eigenvalue weighted by atomic mass is 32.2. The van der Waals surface area contributed by atoms with Gasteiger partial charge >= 0.3 is 0 Å². The summed E-state index contributed by atoms with van der Waals surface area (Å²) in [5.41, 5.74) is 1.05. The maximum Gasteiger partial charge on any atom is 0.199 e. The Balaban J connectivity index is 2.30. The minimum Gasteiger partial charge on any atom is -0.354 e. The topological polar surface area (TPSA) is 46.2 Å². The van der Waals surface area contributed by atoms with Crippen LogP contribution < -0.4 is 5.32 Å². The predicted octanol–water partition coefficient (Wildman–Crippen LogP) is 2.49. The number of thioether (sulfide) groups is 1. The van der Waals surface area contributed by atoms with Crippen LogP contribution in [0.2, 0.25) is 0 Å². The molecule has 1 heterocycles. The second-order valence-corrected chi connectivity index (χ2v) is 8.69. The highest BCUT2D eigenvalue weighted by Crippen LogP contribution is 2.28. The monoisotopic (exact) mass is 301 g/mol. The van der Waals surface area contributed by atoms with E-state index in [-0.39, 0.29) is 5.25 Å². The lowest BCUT2D eigenvalue weighted by atomic mass is 10.2. The van der Waals surface area contributed by atoms with Crippen LogP contribution in [0.1, 0.15) is 18.9 Å². The molecule has 1 fully saturated rings. The molecule has 0 aromatic heterocycles. The molecular formula is C12H15NO2S3. The fourth-order valence-corrected chi connectivity index (χ4v) is 5.28. The first-order valence-corrected chi connectivity index (χ1v) is 8.51. The minimum absolute atomic E-state index is 0.226. The summed E-state index contributed by atoms with van der Waals surface area (Å²) in [6.07, 6.45) is 0.570. The molecule has 0 spiro atoms. The van der Waals surface area contributed by atoms with Crippen molar-refractivity contribution in [3.63, 3.8) is 0 Å². The third-order valence-corrected chi connectivity index (χ3v) is 6.18. The number of sulfone groups is 1. The fourth-order valence-electron chi connectivity index (χ4n) is 1.85. The lowest BCUT2D eigenvalue weighted by molar-refractivity contribution is 0.561. The van der Waals surface area contributed by atoms with Gasteiger partial charge in [-0.2, -0.15) is 0 Å². The normalized spacial score (nSPS) is 24.7. The Kier molecular flexibility index (Phi) is 3.99. The van der Waals surface area contributed by atoms with Crippen molar-refractivity contribution in [2.24, 2.45) is 0 Å².